The minimum absolute atomic E-state index is 0.0569. The van der Waals surface area contributed by atoms with Crippen LogP contribution in [0.4, 0.5) is 8.78 Å². The molecule has 1 rings (SSSR count). The van der Waals surface area contributed by atoms with Crippen LogP contribution in [0.2, 0.25) is 0 Å². The summed E-state index contributed by atoms with van der Waals surface area (Å²) >= 11 is 0. The van der Waals surface area contributed by atoms with E-state index in [1.807, 2.05) is 0 Å². The molecule has 0 heterocycles. The highest BCUT2D eigenvalue weighted by Crippen LogP contribution is 2.29. The van der Waals surface area contributed by atoms with Crippen LogP contribution in [0.1, 0.15) is 17.2 Å². The highest BCUT2D eigenvalue weighted by molar-refractivity contribution is 5.48. The van der Waals surface area contributed by atoms with Gasteiger partial charge in [0.05, 0.1) is 11.6 Å². The Morgan fingerprint density at radius 2 is 2.07 bits per heavy atom. The lowest BCUT2D eigenvalue weighted by Crippen LogP contribution is -2.19. The van der Waals surface area contributed by atoms with Crippen LogP contribution in [0.3, 0.4) is 0 Å². The number of aromatic hydroxyl groups is 1. The fourth-order valence-corrected chi connectivity index (χ4v) is 1.06. The summed E-state index contributed by atoms with van der Waals surface area (Å²) in [5.41, 5.74) is 4.97. The molecule has 0 spiro atoms. The maximum atomic E-state index is 12.2. The highest BCUT2D eigenvalue weighted by atomic mass is 19.3. The molecule has 0 saturated carbocycles. The van der Waals surface area contributed by atoms with E-state index in [9.17, 15) is 13.9 Å². The number of phenolic OH excluding ortho intramolecular Hbond substituents is 1. The Morgan fingerprint density at radius 1 is 1.43 bits per heavy atom. The molecule has 0 amide bonds. The van der Waals surface area contributed by atoms with Crippen molar-refractivity contribution in [2.24, 2.45) is 5.73 Å². The second-order valence-corrected chi connectivity index (χ2v) is 2.72. The van der Waals surface area contributed by atoms with Gasteiger partial charge < -0.3 is 10.8 Å². The molecule has 74 valence electrons. The van der Waals surface area contributed by atoms with Gasteiger partial charge in [-0.05, 0) is 6.07 Å². The molecule has 1 atom stereocenters. The van der Waals surface area contributed by atoms with Gasteiger partial charge in [-0.15, -0.1) is 0 Å². The Kier molecular flexibility index (Phi) is 2.99. The van der Waals surface area contributed by atoms with Gasteiger partial charge in [-0.25, -0.2) is 8.78 Å². The van der Waals surface area contributed by atoms with Gasteiger partial charge >= 0.3 is 0 Å². The molecule has 0 aromatic heterocycles. The Balaban J connectivity index is 3.17. The van der Waals surface area contributed by atoms with E-state index in [4.69, 9.17) is 11.0 Å². The first-order valence-electron chi connectivity index (χ1n) is 3.83. The fraction of sp³-hybridized carbons (Fsp3) is 0.222. The number of para-hydroxylation sites is 1. The van der Waals surface area contributed by atoms with Crippen molar-refractivity contribution in [2.75, 3.05) is 0 Å². The minimum atomic E-state index is -2.77. The van der Waals surface area contributed by atoms with Gasteiger partial charge in [-0.3, -0.25) is 0 Å². The Hall–Kier alpha value is -1.67. The summed E-state index contributed by atoms with van der Waals surface area (Å²) in [5.74, 6) is -0.470. The molecule has 0 aliphatic rings. The first-order chi connectivity index (χ1) is 6.57. The number of nitrogens with zero attached hydrogens (tertiary/aromatic N) is 1. The van der Waals surface area contributed by atoms with Crippen molar-refractivity contribution in [3.8, 4) is 11.8 Å². The molecular formula is C9H8F2N2O. The quantitative estimate of drug-likeness (QED) is 0.757. The number of benzene rings is 1. The van der Waals surface area contributed by atoms with Crippen LogP contribution in [0.15, 0.2) is 18.2 Å². The molecule has 0 unspecified atom stereocenters. The van der Waals surface area contributed by atoms with Crippen LogP contribution in [0.25, 0.3) is 0 Å². The number of hydrogen-bond acceptors (Lipinski definition) is 3. The molecule has 14 heavy (non-hydrogen) atoms. The second-order valence-electron chi connectivity index (χ2n) is 2.72. The lowest BCUT2D eigenvalue weighted by atomic mass is 10.0. The van der Waals surface area contributed by atoms with Gasteiger partial charge in [0.1, 0.15) is 11.8 Å². The van der Waals surface area contributed by atoms with Crippen LogP contribution >= 0.6 is 0 Å². The smallest absolute Gasteiger partial charge is 0.257 e. The molecule has 0 fully saturated rings. The van der Waals surface area contributed by atoms with E-state index < -0.39 is 18.2 Å². The second kappa shape index (κ2) is 4.03. The van der Waals surface area contributed by atoms with Gasteiger partial charge in [-0.1, -0.05) is 12.1 Å². The molecule has 3 nitrogen and oxygen atoms in total. The summed E-state index contributed by atoms with van der Waals surface area (Å²) in [7, 11) is 0. The molecule has 0 saturated heterocycles. The largest absolute Gasteiger partial charge is 0.506 e. The number of hydrogen-bond donors (Lipinski definition) is 2. The zero-order valence-electron chi connectivity index (χ0n) is 7.11. The molecular weight excluding hydrogens is 190 g/mol. The molecule has 3 N–H and O–H groups in total. The molecule has 0 bridgehead atoms. The van der Waals surface area contributed by atoms with Crippen LogP contribution in [0, 0.1) is 11.3 Å². The van der Waals surface area contributed by atoms with Crippen LogP contribution < -0.4 is 5.73 Å². The SMILES string of the molecule is N#Cc1cccc([C@H](N)C(F)F)c1O. The highest BCUT2D eigenvalue weighted by Gasteiger charge is 2.21. The monoisotopic (exact) mass is 198 g/mol. The number of halogens is 2. The van der Waals surface area contributed by atoms with Gasteiger partial charge in [0, 0.05) is 5.56 Å². The zero-order chi connectivity index (χ0) is 10.7. The van der Waals surface area contributed by atoms with E-state index in [1.54, 1.807) is 6.07 Å². The molecule has 0 radical (unpaired) electrons. The Labute approximate surface area is 79.4 Å². The number of nitrogens with two attached hydrogens (primary N) is 1. The average molecular weight is 198 g/mol. The summed E-state index contributed by atoms with van der Waals surface area (Å²) in [6.07, 6.45) is -2.77. The third kappa shape index (κ3) is 1.80. The van der Waals surface area contributed by atoms with E-state index in [0.717, 1.165) is 0 Å². The van der Waals surface area contributed by atoms with Crippen molar-refractivity contribution in [3.63, 3.8) is 0 Å². The Bertz CT molecular complexity index is 374. The first kappa shape index (κ1) is 10.4. The van der Waals surface area contributed by atoms with Crippen molar-refractivity contribution in [1.82, 2.24) is 0 Å². The fourth-order valence-electron chi connectivity index (χ4n) is 1.06. The van der Waals surface area contributed by atoms with E-state index in [1.165, 1.54) is 18.2 Å². The predicted octanol–water partition coefficient (Wildman–Crippen LogP) is 1.53. The van der Waals surface area contributed by atoms with Crippen molar-refractivity contribution >= 4 is 0 Å². The number of nitriles is 1. The van der Waals surface area contributed by atoms with Gasteiger partial charge in [0.15, 0.2) is 0 Å². The van der Waals surface area contributed by atoms with E-state index >= 15 is 0 Å². The van der Waals surface area contributed by atoms with Crippen LogP contribution in [-0.2, 0) is 0 Å². The summed E-state index contributed by atoms with van der Waals surface area (Å²) in [6, 6.07) is 4.11. The summed E-state index contributed by atoms with van der Waals surface area (Å²) in [6.45, 7) is 0. The van der Waals surface area contributed by atoms with E-state index in [0.29, 0.717) is 0 Å². The molecule has 0 aliphatic carbocycles. The van der Waals surface area contributed by atoms with Gasteiger partial charge in [0.25, 0.3) is 6.43 Å². The maximum absolute atomic E-state index is 12.2. The van der Waals surface area contributed by atoms with E-state index in [-0.39, 0.29) is 11.1 Å². The summed E-state index contributed by atoms with van der Waals surface area (Å²) in [5, 5.41) is 17.9. The molecule has 1 aromatic rings. The van der Waals surface area contributed by atoms with Gasteiger partial charge in [-0.2, -0.15) is 5.26 Å². The molecule has 0 aliphatic heterocycles. The number of phenols is 1. The Morgan fingerprint density at radius 3 is 2.57 bits per heavy atom. The molecule has 5 heteroatoms. The predicted molar refractivity (Wildman–Crippen MR) is 45.8 cm³/mol. The average Bonchev–Trinajstić information content (AvgIpc) is 2.17. The van der Waals surface area contributed by atoms with Crippen molar-refractivity contribution in [3.05, 3.63) is 29.3 Å². The van der Waals surface area contributed by atoms with Crippen molar-refractivity contribution in [2.45, 2.75) is 12.5 Å². The maximum Gasteiger partial charge on any atom is 0.257 e. The lowest BCUT2D eigenvalue weighted by molar-refractivity contribution is 0.115. The number of alkyl halides is 2. The normalized spacial score (nSPS) is 12.5. The zero-order valence-corrected chi connectivity index (χ0v) is 7.11. The molecule has 1 aromatic carbocycles. The third-order valence-electron chi connectivity index (χ3n) is 1.82. The first-order valence-corrected chi connectivity index (χ1v) is 3.83. The van der Waals surface area contributed by atoms with Crippen molar-refractivity contribution in [1.29, 1.82) is 5.26 Å². The lowest BCUT2D eigenvalue weighted by Gasteiger charge is -2.12. The topological polar surface area (TPSA) is 70.0 Å². The van der Waals surface area contributed by atoms with Crippen molar-refractivity contribution < 1.29 is 13.9 Å². The standard InChI is InChI=1S/C9H8F2N2O/c10-9(11)7(13)6-3-1-2-5(4-12)8(6)14/h1-3,7,9,14H,13H2/t7-/m0/s1. The third-order valence-corrected chi connectivity index (χ3v) is 1.82. The van der Waals surface area contributed by atoms with E-state index in [2.05, 4.69) is 0 Å². The van der Waals surface area contributed by atoms with Crippen LogP contribution in [0.5, 0.6) is 5.75 Å². The summed E-state index contributed by atoms with van der Waals surface area (Å²) in [4.78, 5) is 0. The summed E-state index contributed by atoms with van der Waals surface area (Å²) < 4.78 is 24.4. The van der Waals surface area contributed by atoms with Crippen LogP contribution in [-0.4, -0.2) is 11.5 Å². The number of rotatable bonds is 2. The minimum Gasteiger partial charge on any atom is -0.506 e. The van der Waals surface area contributed by atoms with Gasteiger partial charge in [0.2, 0.25) is 0 Å².